The van der Waals surface area contributed by atoms with Crippen molar-refractivity contribution in [2.75, 3.05) is 0 Å². The molecule has 2 aromatic carbocycles. The lowest BCUT2D eigenvalue weighted by atomic mass is 10.0. The SMILES string of the molecule is CC(C)(C)OC(=O)N[C@@H](CC(=O)Oc1c(F)c(F)c(F)c(F)c1F)Cc1cc(F)c(F)cc1F. The van der Waals surface area contributed by atoms with Crippen molar-refractivity contribution in [2.24, 2.45) is 0 Å². The van der Waals surface area contributed by atoms with Gasteiger partial charge < -0.3 is 14.8 Å². The largest absolute Gasteiger partial charge is 0.444 e. The Bertz CT molecular complexity index is 1090. The molecule has 34 heavy (non-hydrogen) atoms. The number of hydrogen-bond donors (Lipinski definition) is 1. The van der Waals surface area contributed by atoms with E-state index in [1.807, 2.05) is 0 Å². The average Bonchev–Trinajstić information content (AvgIpc) is 2.70. The van der Waals surface area contributed by atoms with Crippen LogP contribution in [-0.4, -0.2) is 23.7 Å². The maximum atomic E-state index is 14.0. The highest BCUT2D eigenvalue weighted by Crippen LogP contribution is 2.29. The molecule has 0 saturated carbocycles. The Morgan fingerprint density at radius 3 is 1.85 bits per heavy atom. The number of nitrogens with one attached hydrogen (secondary N) is 1. The highest BCUT2D eigenvalue weighted by Gasteiger charge is 2.30. The number of benzene rings is 2. The monoisotopic (exact) mass is 499 g/mol. The van der Waals surface area contributed by atoms with Crippen molar-refractivity contribution in [3.05, 3.63) is 64.2 Å². The summed E-state index contributed by atoms with van der Waals surface area (Å²) < 4.78 is 117. The summed E-state index contributed by atoms with van der Waals surface area (Å²) >= 11 is 0. The average molecular weight is 499 g/mol. The normalized spacial score (nSPS) is 12.3. The van der Waals surface area contributed by atoms with Gasteiger partial charge in [0.2, 0.25) is 34.8 Å². The molecule has 1 amide bonds. The molecule has 13 heteroatoms. The minimum Gasteiger partial charge on any atom is -0.444 e. The molecule has 0 unspecified atom stereocenters. The molecule has 0 aromatic heterocycles. The zero-order valence-corrected chi connectivity index (χ0v) is 17.8. The van der Waals surface area contributed by atoms with Gasteiger partial charge in [0, 0.05) is 12.1 Å². The third-order valence-corrected chi connectivity index (χ3v) is 4.07. The molecule has 0 aliphatic rings. The molecule has 0 bridgehead atoms. The summed E-state index contributed by atoms with van der Waals surface area (Å²) in [5, 5.41) is 2.12. The van der Waals surface area contributed by atoms with Crippen LogP contribution in [0, 0.1) is 46.5 Å². The highest BCUT2D eigenvalue weighted by molar-refractivity contribution is 5.75. The molecule has 1 N–H and O–H groups in total. The molecule has 186 valence electrons. The van der Waals surface area contributed by atoms with Gasteiger partial charge in [-0.05, 0) is 38.8 Å². The van der Waals surface area contributed by atoms with Gasteiger partial charge in [-0.15, -0.1) is 0 Å². The predicted molar refractivity (Wildman–Crippen MR) is 99.7 cm³/mol. The van der Waals surface area contributed by atoms with E-state index >= 15 is 0 Å². The van der Waals surface area contributed by atoms with Crippen LogP contribution in [0.4, 0.5) is 39.9 Å². The summed E-state index contributed by atoms with van der Waals surface area (Å²) in [6.45, 7) is 4.44. The predicted octanol–water partition coefficient (Wildman–Crippen LogP) is 5.23. The van der Waals surface area contributed by atoms with E-state index in [0.717, 1.165) is 0 Å². The Kier molecular flexibility index (Phi) is 8.11. The number of rotatable bonds is 6. The fourth-order valence-corrected chi connectivity index (χ4v) is 2.67. The van der Waals surface area contributed by atoms with Gasteiger partial charge in [0.1, 0.15) is 11.4 Å². The lowest BCUT2D eigenvalue weighted by molar-refractivity contribution is -0.135. The zero-order chi connectivity index (χ0) is 26.0. The lowest BCUT2D eigenvalue weighted by Gasteiger charge is -2.23. The van der Waals surface area contributed by atoms with Gasteiger partial charge in [0.15, 0.2) is 11.6 Å². The van der Waals surface area contributed by atoms with Crippen molar-refractivity contribution in [3.63, 3.8) is 0 Å². The molecule has 2 aromatic rings. The molecule has 5 nitrogen and oxygen atoms in total. The second-order valence-electron chi connectivity index (χ2n) is 7.98. The fourth-order valence-electron chi connectivity index (χ4n) is 2.67. The first-order valence-electron chi connectivity index (χ1n) is 9.45. The van der Waals surface area contributed by atoms with E-state index in [4.69, 9.17) is 4.74 Å². The van der Waals surface area contributed by atoms with E-state index in [1.165, 1.54) is 20.8 Å². The van der Waals surface area contributed by atoms with E-state index in [1.54, 1.807) is 0 Å². The number of carbonyl (C=O) groups is 2. The van der Waals surface area contributed by atoms with Gasteiger partial charge >= 0.3 is 12.1 Å². The molecule has 0 fully saturated rings. The van der Waals surface area contributed by atoms with Gasteiger partial charge in [-0.25, -0.2) is 31.1 Å². The van der Waals surface area contributed by atoms with Gasteiger partial charge in [-0.3, -0.25) is 4.79 Å². The van der Waals surface area contributed by atoms with Crippen molar-refractivity contribution in [2.45, 2.75) is 45.3 Å². The summed E-state index contributed by atoms with van der Waals surface area (Å²) in [6.07, 6.45) is -2.84. The molecule has 1 atom stereocenters. The van der Waals surface area contributed by atoms with E-state index in [2.05, 4.69) is 10.1 Å². The fraction of sp³-hybridized carbons (Fsp3) is 0.333. The number of amides is 1. The summed E-state index contributed by atoms with van der Waals surface area (Å²) in [6, 6.07) is -0.838. The number of hydrogen-bond acceptors (Lipinski definition) is 4. The topological polar surface area (TPSA) is 64.6 Å². The molecule has 2 rings (SSSR count). The van der Waals surface area contributed by atoms with Crippen LogP contribution in [0.3, 0.4) is 0 Å². The summed E-state index contributed by atoms with van der Waals surface area (Å²) in [7, 11) is 0. The summed E-state index contributed by atoms with van der Waals surface area (Å²) in [4.78, 5) is 24.2. The molecule has 0 heterocycles. The number of carbonyl (C=O) groups excluding carboxylic acids is 2. The minimum absolute atomic E-state index is 0.211. The van der Waals surface area contributed by atoms with Crippen molar-refractivity contribution in [3.8, 4) is 5.75 Å². The number of ether oxygens (including phenoxy) is 2. The van der Waals surface area contributed by atoms with Crippen LogP contribution in [-0.2, 0) is 16.0 Å². The van der Waals surface area contributed by atoms with Crippen LogP contribution in [0.15, 0.2) is 12.1 Å². The first-order valence-corrected chi connectivity index (χ1v) is 9.45. The first-order chi connectivity index (χ1) is 15.6. The zero-order valence-electron chi connectivity index (χ0n) is 17.8. The molecule has 0 aliphatic carbocycles. The van der Waals surface area contributed by atoms with Crippen LogP contribution in [0.2, 0.25) is 0 Å². The van der Waals surface area contributed by atoms with Crippen LogP contribution in [0.25, 0.3) is 0 Å². The van der Waals surface area contributed by atoms with Crippen molar-refractivity contribution in [1.29, 1.82) is 0 Å². The Labute approximate surface area is 187 Å². The smallest absolute Gasteiger partial charge is 0.407 e. The number of halogens is 8. The number of esters is 1. The Hall–Kier alpha value is -3.38. The Morgan fingerprint density at radius 2 is 1.32 bits per heavy atom. The standard InChI is InChI=1S/C21H17F8NO4/c1-21(2,3)34-20(32)30-9(4-8-5-11(23)12(24)7-10(8)22)6-13(31)33-19-17(28)15(26)14(25)16(27)18(19)29/h5,7,9H,4,6H2,1-3H3,(H,30,32)/t9-/m1/s1. The molecule has 0 saturated heterocycles. The Balaban J connectivity index is 2.30. The maximum absolute atomic E-state index is 14.0. The minimum atomic E-state index is -2.48. The van der Waals surface area contributed by atoms with Crippen LogP contribution in [0.5, 0.6) is 5.75 Å². The van der Waals surface area contributed by atoms with Crippen molar-refractivity contribution in [1.82, 2.24) is 5.32 Å². The summed E-state index contributed by atoms with van der Waals surface area (Å²) in [5.74, 6) is -19.8. The lowest BCUT2D eigenvalue weighted by Crippen LogP contribution is -2.42. The number of alkyl carbamates (subject to hydrolysis) is 1. The van der Waals surface area contributed by atoms with Gasteiger partial charge in [-0.1, -0.05) is 0 Å². The second kappa shape index (κ2) is 10.3. The third-order valence-electron chi connectivity index (χ3n) is 4.07. The molecule has 0 radical (unpaired) electrons. The van der Waals surface area contributed by atoms with Crippen LogP contribution >= 0.6 is 0 Å². The van der Waals surface area contributed by atoms with Gasteiger partial charge in [0.25, 0.3) is 0 Å². The van der Waals surface area contributed by atoms with Gasteiger partial charge in [-0.2, -0.15) is 8.78 Å². The quantitative estimate of drug-likeness (QED) is 0.194. The second-order valence-corrected chi connectivity index (χ2v) is 7.98. The molecule has 0 aliphatic heterocycles. The van der Waals surface area contributed by atoms with Gasteiger partial charge in [0.05, 0.1) is 6.42 Å². The first kappa shape index (κ1) is 26.9. The third kappa shape index (κ3) is 6.58. The van der Waals surface area contributed by atoms with E-state index in [-0.39, 0.29) is 6.07 Å². The van der Waals surface area contributed by atoms with E-state index in [0.29, 0.717) is 6.07 Å². The highest BCUT2D eigenvalue weighted by atomic mass is 19.2. The summed E-state index contributed by atoms with van der Waals surface area (Å²) in [5.41, 5.74) is -1.54. The van der Waals surface area contributed by atoms with E-state index < -0.39 is 94.4 Å². The van der Waals surface area contributed by atoms with Crippen molar-refractivity contribution < 1.29 is 54.2 Å². The Morgan fingerprint density at radius 1 is 0.824 bits per heavy atom. The molecule has 0 spiro atoms. The molecular weight excluding hydrogens is 482 g/mol. The van der Waals surface area contributed by atoms with Crippen molar-refractivity contribution >= 4 is 12.1 Å². The molecular formula is C21H17F8NO4. The van der Waals surface area contributed by atoms with Crippen LogP contribution < -0.4 is 10.1 Å². The van der Waals surface area contributed by atoms with E-state index in [9.17, 15) is 44.7 Å². The van der Waals surface area contributed by atoms with Crippen LogP contribution in [0.1, 0.15) is 32.8 Å². The maximum Gasteiger partial charge on any atom is 0.407 e.